The first kappa shape index (κ1) is 14.7. The summed E-state index contributed by atoms with van der Waals surface area (Å²) in [7, 11) is 0. The standard InChI is InChI=1S/C14H14FNO3/c1-3-19-14(18)12-9-11(6-7-13(12)15)5-4-8-16-10(2)17/h6-7,9H,3,8H2,1-2H3,(H,16,17). The molecule has 100 valence electrons. The average Bonchev–Trinajstić information content (AvgIpc) is 2.36. The molecule has 0 aliphatic rings. The molecule has 1 rings (SSSR count). The molecule has 0 unspecified atom stereocenters. The monoisotopic (exact) mass is 263 g/mol. The van der Waals surface area contributed by atoms with Gasteiger partial charge in [0.05, 0.1) is 18.7 Å². The number of hydrogen-bond donors (Lipinski definition) is 1. The number of benzene rings is 1. The van der Waals surface area contributed by atoms with Crippen LogP contribution in [0, 0.1) is 17.7 Å². The quantitative estimate of drug-likeness (QED) is 0.664. The molecule has 0 fully saturated rings. The number of rotatable bonds is 3. The molecule has 0 spiro atoms. The SMILES string of the molecule is CCOC(=O)c1cc(C#CCNC(C)=O)ccc1F. The first-order chi connectivity index (χ1) is 9.04. The van der Waals surface area contributed by atoms with Gasteiger partial charge in [0.25, 0.3) is 0 Å². The second-order valence-corrected chi connectivity index (χ2v) is 3.63. The van der Waals surface area contributed by atoms with Gasteiger partial charge in [0.15, 0.2) is 0 Å². The summed E-state index contributed by atoms with van der Waals surface area (Å²) in [6, 6.07) is 3.95. The predicted molar refractivity (Wildman–Crippen MR) is 67.9 cm³/mol. The second-order valence-electron chi connectivity index (χ2n) is 3.63. The Morgan fingerprint density at radius 1 is 1.42 bits per heavy atom. The molecule has 0 aromatic heterocycles. The summed E-state index contributed by atoms with van der Waals surface area (Å²) >= 11 is 0. The van der Waals surface area contributed by atoms with Gasteiger partial charge in [-0.3, -0.25) is 4.79 Å². The van der Waals surface area contributed by atoms with Crippen LogP contribution in [0.2, 0.25) is 0 Å². The summed E-state index contributed by atoms with van der Waals surface area (Å²) in [5.41, 5.74) is 0.336. The van der Waals surface area contributed by atoms with Crippen molar-refractivity contribution in [2.45, 2.75) is 13.8 Å². The first-order valence-corrected chi connectivity index (χ1v) is 5.74. The number of carbonyl (C=O) groups excluding carboxylic acids is 2. The molecule has 4 nitrogen and oxygen atoms in total. The highest BCUT2D eigenvalue weighted by Crippen LogP contribution is 2.11. The second kappa shape index (κ2) is 7.17. The van der Waals surface area contributed by atoms with E-state index in [-0.39, 0.29) is 24.6 Å². The summed E-state index contributed by atoms with van der Waals surface area (Å²) in [6.07, 6.45) is 0. The van der Waals surface area contributed by atoms with E-state index in [1.807, 2.05) is 0 Å². The highest BCUT2D eigenvalue weighted by molar-refractivity contribution is 5.90. The summed E-state index contributed by atoms with van der Waals surface area (Å²) < 4.78 is 18.2. The maximum absolute atomic E-state index is 13.4. The van der Waals surface area contributed by atoms with Crippen molar-refractivity contribution in [1.29, 1.82) is 0 Å². The van der Waals surface area contributed by atoms with E-state index in [4.69, 9.17) is 4.74 Å². The zero-order chi connectivity index (χ0) is 14.3. The summed E-state index contributed by atoms with van der Waals surface area (Å²) in [5.74, 6) is 3.88. The molecule has 0 aliphatic carbocycles. The lowest BCUT2D eigenvalue weighted by Crippen LogP contribution is -2.19. The lowest BCUT2D eigenvalue weighted by molar-refractivity contribution is -0.118. The molecule has 1 aromatic rings. The molecule has 19 heavy (non-hydrogen) atoms. The number of hydrogen-bond acceptors (Lipinski definition) is 3. The number of halogens is 1. The van der Waals surface area contributed by atoms with Gasteiger partial charge in [-0.2, -0.15) is 0 Å². The molecule has 0 heterocycles. The van der Waals surface area contributed by atoms with E-state index in [1.54, 1.807) is 6.92 Å². The predicted octanol–water partition coefficient (Wildman–Crippen LogP) is 1.49. The van der Waals surface area contributed by atoms with Gasteiger partial charge < -0.3 is 10.1 Å². The van der Waals surface area contributed by atoms with Crippen LogP contribution >= 0.6 is 0 Å². The lowest BCUT2D eigenvalue weighted by Gasteiger charge is -2.03. The minimum Gasteiger partial charge on any atom is -0.462 e. The molecule has 0 aliphatic heterocycles. The van der Waals surface area contributed by atoms with Gasteiger partial charge in [-0.1, -0.05) is 11.8 Å². The molecular formula is C14H14FNO3. The Hall–Kier alpha value is -2.35. The summed E-state index contributed by atoms with van der Waals surface area (Å²) in [6.45, 7) is 3.41. The molecular weight excluding hydrogens is 249 g/mol. The highest BCUT2D eigenvalue weighted by atomic mass is 19.1. The van der Waals surface area contributed by atoms with E-state index >= 15 is 0 Å². The van der Waals surface area contributed by atoms with Crippen LogP contribution in [0.1, 0.15) is 29.8 Å². The van der Waals surface area contributed by atoms with Gasteiger partial charge in [-0.15, -0.1) is 0 Å². The van der Waals surface area contributed by atoms with Crippen LogP contribution in [0.3, 0.4) is 0 Å². The average molecular weight is 263 g/mol. The molecule has 0 saturated heterocycles. The van der Waals surface area contributed by atoms with E-state index in [0.29, 0.717) is 5.56 Å². The van der Waals surface area contributed by atoms with E-state index in [0.717, 1.165) is 6.07 Å². The Labute approximate surface area is 111 Å². The van der Waals surface area contributed by atoms with Gasteiger partial charge in [0.2, 0.25) is 5.91 Å². The number of carbonyl (C=O) groups is 2. The Kier molecular flexibility index (Phi) is 5.55. The van der Waals surface area contributed by atoms with Gasteiger partial charge in [0, 0.05) is 12.5 Å². The van der Waals surface area contributed by atoms with E-state index in [2.05, 4.69) is 17.2 Å². The fourth-order valence-corrected chi connectivity index (χ4v) is 1.28. The number of ether oxygens (including phenoxy) is 1. The zero-order valence-corrected chi connectivity index (χ0v) is 10.7. The Morgan fingerprint density at radius 3 is 2.79 bits per heavy atom. The third-order valence-electron chi connectivity index (χ3n) is 2.12. The van der Waals surface area contributed by atoms with Gasteiger partial charge in [-0.05, 0) is 25.1 Å². The van der Waals surface area contributed by atoms with Crippen molar-refractivity contribution in [3.8, 4) is 11.8 Å². The molecule has 5 heteroatoms. The van der Waals surface area contributed by atoms with Crippen LogP contribution in [0.4, 0.5) is 4.39 Å². The molecule has 1 aromatic carbocycles. The van der Waals surface area contributed by atoms with Crippen LogP contribution in [0.25, 0.3) is 0 Å². The number of nitrogens with one attached hydrogen (secondary N) is 1. The van der Waals surface area contributed by atoms with Crippen molar-refractivity contribution in [3.05, 3.63) is 35.1 Å². The highest BCUT2D eigenvalue weighted by Gasteiger charge is 2.12. The molecule has 0 saturated carbocycles. The van der Waals surface area contributed by atoms with Crippen molar-refractivity contribution < 1.29 is 18.7 Å². The van der Waals surface area contributed by atoms with Crippen molar-refractivity contribution in [2.75, 3.05) is 13.2 Å². The molecule has 0 radical (unpaired) electrons. The Balaban J connectivity index is 2.84. The van der Waals surface area contributed by atoms with E-state index in [1.165, 1.54) is 19.1 Å². The van der Waals surface area contributed by atoms with Crippen LogP contribution in [0.5, 0.6) is 0 Å². The largest absolute Gasteiger partial charge is 0.462 e. The smallest absolute Gasteiger partial charge is 0.341 e. The minimum atomic E-state index is -0.717. The summed E-state index contributed by atoms with van der Waals surface area (Å²) in [5, 5.41) is 2.51. The van der Waals surface area contributed by atoms with Crippen molar-refractivity contribution in [2.24, 2.45) is 0 Å². The fraction of sp³-hybridized carbons (Fsp3) is 0.286. The molecule has 1 N–H and O–H groups in total. The van der Waals surface area contributed by atoms with Crippen LogP contribution in [-0.4, -0.2) is 25.0 Å². The van der Waals surface area contributed by atoms with E-state index < -0.39 is 11.8 Å². The topological polar surface area (TPSA) is 55.4 Å². The maximum Gasteiger partial charge on any atom is 0.341 e. The van der Waals surface area contributed by atoms with E-state index in [9.17, 15) is 14.0 Å². The Bertz CT molecular complexity index is 543. The Morgan fingerprint density at radius 2 is 2.16 bits per heavy atom. The summed E-state index contributed by atoms with van der Waals surface area (Å²) in [4.78, 5) is 22.1. The fourth-order valence-electron chi connectivity index (χ4n) is 1.28. The molecule has 0 bridgehead atoms. The van der Waals surface area contributed by atoms with Crippen LogP contribution in [0.15, 0.2) is 18.2 Å². The van der Waals surface area contributed by atoms with Gasteiger partial charge in [-0.25, -0.2) is 9.18 Å². The zero-order valence-electron chi connectivity index (χ0n) is 10.7. The van der Waals surface area contributed by atoms with Crippen LogP contribution in [-0.2, 0) is 9.53 Å². The van der Waals surface area contributed by atoms with Crippen LogP contribution < -0.4 is 5.32 Å². The lowest BCUT2D eigenvalue weighted by atomic mass is 10.1. The third-order valence-corrected chi connectivity index (χ3v) is 2.12. The first-order valence-electron chi connectivity index (χ1n) is 5.74. The van der Waals surface area contributed by atoms with Crippen molar-refractivity contribution >= 4 is 11.9 Å². The van der Waals surface area contributed by atoms with Gasteiger partial charge >= 0.3 is 5.97 Å². The van der Waals surface area contributed by atoms with Crippen molar-refractivity contribution in [1.82, 2.24) is 5.32 Å². The normalized spacial score (nSPS) is 9.21. The molecule has 0 atom stereocenters. The molecule has 1 amide bonds. The number of esters is 1. The minimum absolute atomic E-state index is 0.145. The van der Waals surface area contributed by atoms with Gasteiger partial charge in [0.1, 0.15) is 5.82 Å². The number of amides is 1. The third kappa shape index (κ3) is 4.80. The maximum atomic E-state index is 13.4. The van der Waals surface area contributed by atoms with Crippen molar-refractivity contribution in [3.63, 3.8) is 0 Å².